The van der Waals surface area contributed by atoms with E-state index in [0.29, 0.717) is 23.8 Å². The number of aromatic nitrogens is 4. The number of H-pyrrole nitrogens is 1. The highest BCUT2D eigenvalue weighted by Gasteiger charge is 2.14. The maximum Gasteiger partial charge on any atom is 0.261 e. The summed E-state index contributed by atoms with van der Waals surface area (Å²) in [5.74, 6) is 0.387. The third kappa shape index (κ3) is 3.70. The Morgan fingerprint density at radius 3 is 2.71 bits per heavy atom. The van der Waals surface area contributed by atoms with Crippen LogP contribution in [0.1, 0.15) is 21.8 Å². The zero-order chi connectivity index (χ0) is 19.3. The van der Waals surface area contributed by atoms with Crippen LogP contribution in [0.4, 0.5) is 5.69 Å². The fourth-order valence-corrected chi connectivity index (χ4v) is 2.69. The molecule has 8 nitrogen and oxygen atoms in total. The van der Waals surface area contributed by atoms with Gasteiger partial charge in [0, 0.05) is 29.8 Å². The van der Waals surface area contributed by atoms with Crippen molar-refractivity contribution >= 4 is 11.6 Å². The lowest BCUT2D eigenvalue weighted by atomic mass is 10.1. The van der Waals surface area contributed by atoms with Gasteiger partial charge in [0.15, 0.2) is 0 Å². The first-order valence-electron chi connectivity index (χ1n) is 8.50. The topological polar surface area (TPSA) is 114 Å². The number of benzene rings is 1. The van der Waals surface area contributed by atoms with Gasteiger partial charge in [-0.2, -0.15) is 4.98 Å². The molecule has 2 N–H and O–H groups in total. The number of anilines is 1. The number of rotatable bonds is 5. The van der Waals surface area contributed by atoms with E-state index in [-0.39, 0.29) is 5.56 Å². The molecule has 0 fully saturated rings. The average molecular weight is 373 g/mol. The number of para-hydroxylation sites is 1. The summed E-state index contributed by atoms with van der Waals surface area (Å²) >= 11 is 0. The summed E-state index contributed by atoms with van der Waals surface area (Å²) in [6.45, 7) is 0. The molecule has 0 aliphatic carbocycles. The molecular weight excluding hydrogens is 358 g/mol. The van der Waals surface area contributed by atoms with E-state index in [9.17, 15) is 9.59 Å². The third-order valence-electron chi connectivity index (χ3n) is 4.08. The van der Waals surface area contributed by atoms with Crippen LogP contribution in [-0.2, 0) is 6.42 Å². The molecule has 28 heavy (non-hydrogen) atoms. The van der Waals surface area contributed by atoms with Crippen LogP contribution in [0.3, 0.4) is 0 Å². The molecule has 0 aliphatic rings. The SMILES string of the molecule is O=C(Nc1ccccc1Cc1nc(-c2ccncc2)no1)c1ccc[nH]c1=O. The highest BCUT2D eigenvalue weighted by Crippen LogP contribution is 2.21. The summed E-state index contributed by atoms with van der Waals surface area (Å²) in [6, 6.07) is 13.9. The second-order valence-electron chi connectivity index (χ2n) is 5.95. The minimum Gasteiger partial charge on any atom is -0.339 e. The van der Waals surface area contributed by atoms with Gasteiger partial charge in [0.2, 0.25) is 11.7 Å². The number of hydrogen-bond acceptors (Lipinski definition) is 6. The van der Waals surface area contributed by atoms with Crippen molar-refractivity contribution in [1.82, 2.24) is 20.1 Å². The van der Waals surface area contributed by atoms with E-state index in [1.807, 2.05) is 12.1 Å². The lowest BCUT2D eigenvalue weighted by Crippen LogP contribution is -2.23. The molecule has 0 spiro atoms. The summed E-state index contributed by atoms with van der Waals surface area (Å²) in [5, 5.41) is 6.76. The van der Waals surface area contributed by atoms with Crippen molar-refractivity contribution in [2.75, 3.05) is 5.32 Å². The van der Waals surface area contributed by atoms with E-state index >= 15 is 0 Å². The first kappa shape index (κ1) is 17.3. The van der Waals surface area contributed by atoms with Gasteiger partial charge in [-0.25, -0.2) is 0 Å². The fraction of sp³-hybridized carbons (Fsp3) is 0.0500. The lowest BCUT2D eigenvalue weighted by molar-refractivity contribution is 0.102. The van der Waals surface area contributed by atoms with Gasteiger partial charge in [-0.15, -0.1) is 0 Å². The predicted molar refractivity (Wildman–Crippen MR) is 102 cm³/mol. The van der Waals surface area contributed by atoms with E-state index in [1.165, 1.54) is 12.3 Å². The van der Waals surface area contributed by atoms with Crippen LogP contribution in [-0.4, -0.2) is 26.0 Å². The molecule has 0 unspecified atom stereocenters. The lowest BCUT2D eigenvalue weighted by Gasteiger charge is -2.09. The molecule has 0 atom stereocenters. The Balaban J connectivity index is 1.56. The summed E-state index contributed by atoms with van der Waals surface area (Å²) in [7, 11) is 0. The number of nitrogens with one attached hydrogen (secondary N) is 2. The molecule has 138 valence electrons. The number of nitrogens with zero attached hydrogens (tertiary/aromatic N) is 3. The summed E-state index contributed by atoms with van der Waals surface area (Å²) in [6.07, 6.45) is 5.12. The molecule has 0 bridgehead atoms. The molecule has 1 aromatic carbocycles. The van der Waals surface area contributed by atoms with Crippen LogP contribution in [0.15, 0.2) is 76.4 Å². The number of aromatic amines is 1. The van der Waals surface area contributed by atoms with Crippen molar-refractivity contribution in [2.45, 2.75) is 6.42 Å². The number of amides is 1. The van der Waals surface area contributed by atoms with Gasteiger partial charge in [-0.1, -0.05) is 23.4 Å². The Morgan fingerprint density at radius 2 is 1.89 bits per heavy atom. The van der Waals surface area contributed by atoms with Crippen molar-refractivity contribution in [2.24, 2.45) is 0 Å². The van der Waals surface area contributed by atoms with Crippen LogP contribution >= 0.6 is 0 Å². The van der Waals surface area contributed by atoms with Crippen LogP contribution in [0, 0.1) is 0 Å². The second kappa shape index (κ2) is 7.67. The van der Waals surface area contributed by atoms with E-state index in [4.69, 9.17) is 4.52 Å². The molecule has 3 aromatic heterocycles. The van der Waals surface area contributed by atoms with E-state index < -0.39 is 11.5 Å². The van der Waals surface area contributed by atoms with Crippen LogP contribution in [0.2, 0.25) is 0 Å². The van der Waals surface area contributed by atoms with Crippen molar-refractivity contribution in [1.29, 1.82) is 0 Å². The summed E-state index contributed by atoms with van der Waals surface area (Å²) in [5.41, 5.74) is 1.74. The molecule has 4 aromatic rings. The Kier molecular flexibility index (Phi) is 4.75. The zero-order valence-electron chi connectivity index (χ0n) is 14.6. The fourth-order valence-electron chi connectivity index (χ4n) is 2.69. The maximum atomic E-state index is 12.4. The molecule has 0 saturated carbocycles. The highest BCUT2D eigenvalue weighted by molar-refractivity contribution is 6.04. The molecule has 1 amide bonds. The van der Waals surface area contributed by atoms with Gasteiger partial charge >= 0.3 is 0 Å². The van der Waals surface area contributed by atoms with Gasteiger partial charge in [-0.05, 0) is 35.9 Å². The van der Waals surface area contributed by atoms with Crippen LogP contribution in [0.25, 0.3) is 11.4 Å². The molecule has 0 radical (unpaired) electrons. The van der Waals surface area contributed by atoms with Gasteiger partial charge in [-0.3, -0.25) is 14.6 Å². The van der Waals surface area contributed by atoms with Crippen molar-refractivity contribution in [3.63, 3.8) is 0 Å². The van der Waals surface area contributed by atoms with E-state index in [0.717, 1.165) is 11.1 Å². The number of carbonyl (C=O) groups is 1. The second-order valence-corrected chi connectivity index (χ2v) is 5.95. The smallest absolute Gasteiger partial charge is 0.261 e. The standard InChI is InChI=1S/C20H15N5O3/c26-19-15(5-3-9-22-19)20(27)23-16-6-2-1-4-14(16)12-17-24-18(25-28-17)13-7-10-21-11-8-13/h1-11H,12H2,(H,22,26)(H,23,27). The number of carbonyl (C=O) groups excluding carboxylic acids is 1. The largest absolute Gasteiger partial charge is 0.339 e. The van der Waals surface area contributed by atoms with E-state index in [1.54, 1.807) is 42.7 Å². The Bertz CT molecular complexity index is 1170. The quantitative estimate of drug-likeness (QED) is 0.556. The summed E-state index contributed by atoms with van der Waals surface area (Å²) in [4.78, 5) is 35.1. The molecule has 4 rings (SSSR count). The Labute approximate surface area is 159 Å². The molecule has 3 heterocycles. The third-order valence-corrected chi connectivity index (χ3v) is 4.08. The van der Waals surface area contributed by atoms with Crippen LogP contribution < -0.4 is 10.9 Å². The number of hydrogen-bond donors (Lipinski definition) is 2. The van der Waals surface area contributed by atoms with Gasteiger partial charge < -0.3 is 14.8 Å². The van der Waals surface area contributed by atoms with Crippen LogP contribution in [0.5, 0.6) is 0 Å². The molecule has 0 saturated heterocycles. The monoisotopic (exact) mass is 373 g/mol. The Hall–Kier alpha value is -4.07. The number of pyridine rings is 2. The van der Waals surface area contributed by atoms with Crippen molar-refractivity contribution in [3.8, 4) is 11.4 Å². The van der Waals surface area contributed by atoms with E-state index in [2.05, 4.69) is 25.4 Å². The normalized spacial score (nSPS) is 10.6. The van der Waals surface area contributed by atoms with Gasteiger partial charge in [0.25, 0.3) is 11.5 Å². The summed E-state index contributed by atoms with van der Waals surface area (Å²) < 4.78 is 5.34. The van der Waals surface area contributed by atoms with Gasteiger partial charge in [0.05, 0.1) is 6.42 Å². The van der Waals surface area contributed by atoms with Gasteiger partial charge in [0.1, 0.15) is 5.56 Å². The highest BCUT2D eigenvalue weighted by atomic mass is 16.5. The molecule has 8 heteroatoms. The van der Waals surface area contributed by atoms with Crippen molar-refractivity contribution < 1.29 is 9.32 Å². The zero-order valence-corrected chi connectivity index (χ0v) is 14.6. The first-order chi connectivity index (χ1) is 13.7. The van der Waals surface area contributed by atoms with Crippen molar-refractivity contribution in [3.05, 3.63) is 94.5 Å². The molecule has 0 aliphatic heterocycles. The average Bonchev–Trinajstić information content (AvgIpc) is 3.19. The first-order valence-corrected chi connectivity index (χ1v) is 8.50. The predicted octanol–water partition coefficient (Wildman–Crippen LogP) is 2.66. The Morgan fingerprint density at radius 1 is 1.07 bits per heavy atom. The molecular formula is C20H15N5O3. The minimum absolute atomic E-state index is 0.0371. The minimum atomic E-state index is -0.489. The maximum absolute atomic E-state index is 12.4.